The van der Waals surface area contributed by atoms with Gasteiger partial charge in [0, 0.05) is 9.49 Å². The highest BCUT2D eigenvalue weighted by atomic mass is 127. The van der Waals surface area contributed by atoms with Gasteiger partial charge in [0.15, 0.2) is 5.82 Å². The summed E-state index contributed by atoms with van der Waals surface area (Å²) in [5, 5.41) is 3.01. The number of hydrogen-bond donors (Lipinski definition) is 1. The summed E-state index contributed by atoms with van der Waals surface area (Å²) in [4.78, 5) is 22.5. The van der Waals surface area contributed by atoms with Crippen molar-refractivity contribution in [2.24, 2.45) is 5.92 Å². The Labute approximate surface area is 185 Å². The lowest BCUT2D eigenvalue weighted by Gasteiger charge is -2.30. The Bertz CT molecular complexity index is 1020. The third-order valence-electron chi connectivity index (χ3n) is 5.27. The average molecular weight is 497 g/mol. The van der Waals surface area contributed by atoms with E-state index in [2.05, 4.69) is 52.2 Å². The third kappa shape index (κ3) is 4.66. The summed E-state index contributed by atoms with van der Waals surface area (Å²) in [6, 6.07) is 8.00. The van der Waals surface area contributed by atoms with E-state index in [1.807, 2.05) is 44.2 Å². The van der Waals surface area contributed by atoms with Crippen molar-refractivity contribution in [3.05, 3.63) is 80.4 Å². The summed E-state index contributed by atoms with van der Waals surface area (Å²) in [7, 11) is 0. The lowest BCUT2D eigenvalue weighted by atomic mass is 9.77. The molecule has 1 amide bonds. The number of hydrogen-bond acceptors (Lipinski definition) is 3. The average Bonchev–Trinajstić information content (AvgIpc) is 2.70. The molecule has 148 valence electrons. The second-order valence-corrected chi connectivity index (χ2v) is 9.11. The van der Waals surface area contributed by atoms with Gasteiger partial charge in [-0.2, -0.15) is 0 Å². The van der Waals surface area contributed by atoms with E-state index < -0.39 is 0 Å². The minimum absolute atomic E-state index is 0.0713. The van der Waals surface area contributed by atoms with Gasteiger partial charge in [-0.15, -0.1) is 0 Å². The van der Waals surface area contributed by atoms with Crippen LogP contribution in [0.3, 0.4) is 0 Å². The molecule has 2 atom stereocenters. The number of allylic oxidation sites excluding steroid dienone is 5. The molecule has 1 aromatic heterocycles. The van der Waals surface area contributed by atoms with Crippen LogP contribution in [0.25, 0.3) is 6.08 Å². The zero-order valence-corrected chi connectivity index (χ0v) is 18.8. The van der Waals surface area contributed by atoms with Gasteiger partial charge in [0.1, 0.15) is 5.69 Å². The second kappa shape index (κ2) is 8.61. The zero-order valence-electron chi connectivity index (χ0n) is 16.7. The van der Waals surface area contributed by atoms with Gasteiger partial charge in [-0.05, 0) is 79.0 Å². The summed E-state index contributed by atoms with van der Waals surface area (Å²) in [5.41, 5.74) is 4.90. The van der Waals surface area contributed by atoms with Gasteiger partial charge >= 0.3 is 0 Å². The normalized spacial score (nSPS) is 19.3. The number of aryl methyl sites for hydroxylation is 1. The number of aromatic nitrogens is 2. The number of amides is 1. The van der Waals surface area contributed by atoms with Crippen molar-refractivity contribution >= 4 is 40.4 Å². The number of halogens is 1. The van der Waals surface area contributed by atoms with Gasteiger partial charge < -0.3 is 5.32 Å². The van der Waals surface area contributed by atoms with Gasteiger partial charge in [0.05, 0.1) is 17.8 Å². The Morgan fingerprint density at radius 2 is 1.93 bits per heavy atom. The van der Waals surface area contributed by atoms with E-state index in [-0.39, 0.29) is 11.8 Å². The number of nitrogens with zero attached hydrogens (tertiary/aromatic N) is 2. The fraction of sp³-hybridized carbons (Fsp3) is 0.292. The molecule has 0 bridgehead atoms. The molecule has 0 spiro atoms. The van der Waals surface area contributed by atoms with Crippen LogP contribution in [0.4, 0.5) is 5.82 Å². The van der Waals surface area contributed by atoms with Crippen LogP contribution >= 0.6 is 22.6 Å². The fourth-order valence-corrected chi connectivity index (χ4v) is 4.26. The molecular weight excluding hydrogens is 473 g/mol. The molecule has 0 saturated carbocycles. The van der Waals surface area contributed by atoms with E-state index in [1.165, 1.54) is 0 Å². The minimum Gasteiger partial charge on any atom is -0.309 e. The predicted octanol–water partition coefficient (Wildman–Crippen LogP) is 5.46. The van der Waals surface area contributed by atoms with Crippen molar-refractivity contribution in [1.29, 1.82) is 0 Å². The van der Waals surface area contributed by atoms with Crippen LogP contribution in [-0.4, -0.2) is 15.9 Å². The molecule has 1 N–H and O–H groups in total. The zero-order chi connectivity index (χ0) is 20.4. The summed E-state index contributed by atoms with van der Waals surface area (Å²) >= 11 is 2.26. The van der Waals surface area contributed by atoms with Gasteiger partial charge in [-0.3, -0.25) is 4.79 Å². The van der Waals surface area contributed by atoms with Crippen LogP contribution in [0.1, 0.15) is 48.8 Å². The van der Waals surface area contributed by atoms with E-state index in [0.29, 0.717) is 18.2 Å². The van der Waals surface area contributed by atoms with E-state index in [9.17, 15) is 4.79 Å². The maximum absolute atomic E-state index is 12.7. The molecule has 2 aliphatic rings. The SMILES string of the molecule is CC(C)=Cc1nc2c(nc1NC(=O)Cc1ccc(I)cc1)CCC1C=CC=CC21. The Morgan fingerprint density at radius 1 is 1.17 bits per heavy atom. The smallest absolute Gasteiger partial charge is 0.230 e. The van der Waals surface area contributed by atoms with E-state index in [1.54, 1.807) is 0 Å². The Kier molecular flexibility index (Phi) is 5.94. The van der Waals surface area contributed by atoms with E-state index >= 15 is 0 Å². The van der Waals surface area contributed by atoms with Crippen molar-refractivity contribution in [3.8, 4) is 0 Å². The first-order valence-corrected chi connectivity index (χ1v) is 11.0. The standard InChI is InChI=1S/C24H24IN3O/c1-15(2)13-21-24(28-22(29)14-16-7-10-18(25)11-8-16)27-20-12-9-17-5-3-4-6-19(17)23(20)26-21/h3-8,10-11,13,17,19H,9,12,14H2,1-2H3,(H,27,28,29). The first kappa shape index (κ1) is 20.0. The van der Waals surface area contributed by atoms with Crippen LogP contribution in [0.2, 0.25) is 0 Å². The lowest BCUT2D eigenvalue weighted by Crippen LogP contribution is -2.24. The Balaban J connectivity index is 1.63. The molecule has 0 saturated heterocycles. The van der Waals surface area contributed by atoms with Crippen LogP contribution in [0.15, 0.2) is 54.1 Å². The van der Waals surface area contributed by atoms with Crippen molar-refractivity contribution in [2.75, 3.05) is 5.32 Å². The summed E-state index contributed by atoms with van der Waals surface area (Å²) < 4.78 is 1.16. The number of anilines is 1. The molecule has 2 aromatic rings. The molecule has 1 heterocycles. The summed E-state index contributed by atoms with van der Waals surface area (Å²) in [6.45, 7) is 4.06. The molecular formula is C24H24IN3O. The largest absolute Gasteiger partial charge is 0.309 e. The highest BCUT2D eigenvalue weighted by molar-refractivity contribution is 14.1. The third-order valence-corrected chi connectivity index (χ3v) is 5.99. The van der Waals surface area contributed by atoms with Gasteiger partial charge in [0.2, 0.25) is 5.91 Å². The lowest BCUT2D eigenvalue weighted by molar-refractivity contribution is -0.115. The molecule has 0 radical (unpaired) electrons. The van der Waals surface area contributed by atoms with Crippen molar-refractivity contribution in [3.63, 3.8) is 0 Å². The number of fused-ring (bicyclic) bond motifs is 3. The molecule has 5 heteroatoms. The fourth-order valence-electron chi connectivity index (χ4n) is 3.90. The molecule has 0 aliphatic heterocycles. The molecule has 2 unspecified atom stereocenters. The number of nitrogens with one attached hydrogen (secondary N) is 1. The van der Waals surface area contributed by atoms with Gasteiger partial charge in [-0.1, -0.05) is 42.0 Å². The molecule has 4 rings (SSSR count). The summed E-state index contributed by atoms with van der Waals surface area (Å²) in [5.74, 6) is 1.26. The second-order valence-electron chi connectivity index (χ2n) is 7.86. The molecule has 0 fully saturated rings. The molecule has 1 aromatic carbocycles. The van der Waals surface area contributed by atoms with Crippen molar-refractivity contribution < 1.29 is 4.79 Å². The molecule has 2 aliphatic carbocycles. The Hall–Kier alpha value is -2.28. The predicted molar refractivity (Wildman–Crippen MR) is 126 cm³/mol. The number of carbonyl (C=O) groups is 1. The number of rotatable bonds is 4. The van der Waals surface area contributed by atoms with Crippen molar-refractivity contribution in [1.82, 2.24) is 9.97 Å². The first-order chi connectivity index (χ1) is 14.0. The molecule has 29 heavy (non-hydrogen) atoms. The topological polar surface area (TPSA) is 54.9 Å². The highest BCUT2D eigenvalue weighted by Gasteiger charge is 2.30. The number of carbonyl (C=O) groups excluding carboxylic acids is 1. The molecule has 4 nitrogen and oxygen atoms in total. The van der Waals surface area contributed by atoms with E-state index in [4.69, 9.17) is 9.97 Å². The van der Waals surface area contributed by atoms with Gasteiger partial charge in [-0.25, -0.2) is 9.97 Å². The number of benzene rings is 1. The van der Waals surface area contributed by atoms with Crippen LogP contribution in [-0.2, 0) is 17.6 Å². The minimum atomic E-state index is -0.0713. The maximum Gasteiger partial charge on any atom is 0.230 e. The van der Waals surface area contributed by atoms with Gasteiger partial charge in [0.25, 0.3) is 0 Å². The first-order valence-electron chi connectivity index (χ1n) is 9.94. The van der Waals surface area contributed by atoms with Crippen LogP contribution in [0.5, 0.6) is 0 Å². The Morgan fingerprint density at radius 3 is 2.69 bits per heavy atom. The quantitative estimate of drug-likeness (QED) is 0.571. The monoisotopic (exact) mass is 497 g/mol. The van der Waals surface area contributed by atoms with Crippen LogP contribution in [0, 0.1) is 9.49 Å². The van der Waals surface area contributed by atoms with Crippen LogP contribution < -0.4 is 5.32 Å². The summed E-state index contributed by atoms with van der Waals surface area (Å²) in [6.07, 6.45) is 13.0. The van der Waals surface area contributed by atoms with E-state index in [0.717, 1.165) is 44.6 Å². The van der Waals surface area contributed by atoms with Crippen molar-refractivity contribution in [2.45, 2.75) is 39.0 Å². The highest BCUT2D eigenvalue weighted by Crippen LogP contribution is 2.39. The maximum atomic E-state index is 12.7.